The van der Waals surface area contributed by atoms with Crippen molar-refractivity contribution in [3.05, 3.63) is 28.2 Å². The van der Waals surface area contributed by atoms with Gasteiger partial charge in [-0.2, -0.15) is 0 Å². The third-order valence-corrected chi connectivity index (χ3v) is 3.70. The number of nitrogens with one attached hydrogen (secondary N) is 1. The largest absolute Gasteiger partial charge is 0.490 e. The molecule has 0 aliphatic heterocycles. The van der Waals surface area contributed by atoms with Gasteiger partial charge in [0.1, 0.15) is 5.75 Å². The number of hydrogen-bond donors (Lipinski definition) is 1. The van der Waals surface area contributed by atoms with Crippen molar-refractivity contribution in [1.29, 1.82) is 0 Å². The van der Waals surface area contributed by atoms with Gasteiger partial charge in [0.05, 0.1) is 6.10 Å². The minimum absolute atomic E-state index is 0.288. The van der Waals surface area contributed by atoms with E-state index in [0.29, 0.717) is 0 Å². The summed E-state index contributed by atoms with van der Waals surface area (Å²) in [6.45, 7) is 5.24. The maximum atomic E-state index is 6.03. The zero-order valence-electron chi connectivity index (χ0n) is 11.2. The molecule has 0 heterocycles. The SMILES string of the molecule is CCCC(C)Oc1ccc(Br)cc1CNC1CC1. The second-order valence-corrected chi connectivity index (χ2v) is 6.04. The quantitative estimate of drug-likeness (QED) is 0.812. The zero-order valence-corrected chi connectivity index (χ0v) is 12.8. The average Bonchev–Trinajstić information content (AvgIpc) is 3.14. The second-order valence-electron chi connectivity index (χ2n) is 5.12. The third kappa shape index (κ3) is 4.29. The van der Waals surface area contributed by atoms with Gasteiger partial charge < -0.3 is 10.1 Å². The van der Waals surface area contributed by atoms with Gasteiger partial charge in [0.2, 0.25) is 0 Å². The summed E-state index contributed by atoms with van der Waals surface area (Å²) in [5.41, 5.74) is 1.25. The van der Waals surface area contributed by atoms with Crippen LogP contribution in [-0.4, -0.2) is 12.1 Å². The lowest BCUT2D eigenvalue weighted by molar-refractivity contribution is 0.207. The lowest BCUT2D eigenvalue weighted by atomic mass is 10.2. The van der Waals surface area contributed by atoms with E-state index in [0.717, 1.165) is 35.7 Å². The Labute approximate surface area is 118 Å². The smallest absolute Gasteiger partial charge is 0.124 e. The lowest BCUT2D eigenvalue weighted by Crippen LogP contribution is -2.18. The number of halogens is 1. The Balaban J connectivity index is 2.01. The van der Waals surface area contributed by atoms with E-state index in [1.807, 2.05) is 0 Å². The van der Waals surface area contributed by atoms with Gasteiger partial charge in [0.15, 0.2) is 0 Å². The monoisotopic (exact) mass is 311 g/mol. The van der Waals surface area contributed by atoms with E-state index in [-0.39, 0.29) is 6.10 Å². The minimum Gasteiger partial charge on any atom is -0.490 e. The molecule has 1 aliphatic rings. The Morgan fingerprint density at radius 1 is 1.44 bits per heavy atom. The third-order valence-electron chi connectivity index (χ3n) is 3.20. The molecule has 1 N–H and O–H groups in total. The molecule has 0 amide bonds. The molecule has 0 radical (unpaired) electrons. The summed E-state index contributed by atoms with van der Waals surface area (Å²) in [6.07, 6.45) is 5.18. The van der Waals surface area contributed by atoms with Crippen LogP contribution in [-0.2, 0) is 6.54 Å². The summed E-state index contributed by atoms with van der Waals surface area (Å²) in [7, 11) is 0. The van der Waals surface area contributed by atoms with Gasteiger partial charge in [-0.15, -0.1) is 0 Å². The molecule has 18 heavy (non-hydrogen) atoms. The van der Waals surface area contributed by atoms with Gasteiger partial charge in [-0.1, -0.05) is 29.3 Å². The molecule has 1 fully saturated rings. The Morgan fingerprint density at radius 2 is 2.22 bits per heavy atom. The highest BCUT2D eigenvalue weighted by atomic mass is 79.9. The summed E-state index contributed by atoms with van der Waals surface area (Å²) in [6, 6.07) is 7.00. The Kier molecular flexibility index (Phi) is 5.07. The van der Waals surface area contributed by atoms with Crippen molar-refractivity contribution in [2.75, 3.05) is 0 Å². The van der Waals surface area contributed by atoms with Crippen LogP contribution >= 0.6 is 15.9 Å². The fourth-order valence-corrected chi connectivity index (χ4v) is 2.43. The van der Waals surface area contributed by atoms with E-state index in [4.69, 9.17) is 4.74 Å². The van der Waals surface area contributed by atoms with Crippen molar-refractivity contribution < 1.29 is 4.74 Å². The molecular weight excluding hydrogens is 290 g/mol. The van der Waals surface area contributed by atoms with Gasteiger partial charge in [-0.05, 0) is 44.4 Å². The maximum Gasteiger partial charge on any atom is 0.124 e. The van der Waals surface area contributed by atoms with Crippen LogP contribution in [0.15, 0.2) is 22.7 Å². The van der Waals surface area contributed by atoms with E-state index in [1.54, 1.807) is 0 Å². The maximum absolute atomic E-state index is 6.03. The summed E-state index contributed by atoms with van der Waals surface area (Å²) in [4.78, 5) is 0. The highest BCUT2D eigenvalue weighted by molar-refractivity contribution is 9.10. The predicted octanol–water partition coefficient (Wildman–Crippen LogP) is 4.27. The molecule has 1 unspecified atom stereocenters. The summed E-state index contributed by atoms with van der Waals surface area (Å²) in [5.74, 6) is 1.02. The molecule has 100 valence electrons. The molecule has 0 saturated heterocycles. The van der Waals surface area contributed by atoms with Crippen LogP contribution in [0.25, 0.3) is 0 Å². The van der Waals surface area contributed by atoms with Crippen LogP contribution in [0.1, 0.15) is 45.1 Å². The van der Waals surface area contributed by atoms with Gasteiger partial charge in [0.25, 0.3) is 0 Å². The fraction of sp³-hybridized carbons (Fsp3) is 0.600. The van der Waals surface area contributed by atoms with Crippen LogP contribution in [0.2, 0.25) is 0 Å². The molecule has 0 aromatic heterocycles. The second kappa shape index (κ2) is 6.58. The molecule has 1 atom stereocenters. The first-order chi connectivity index (χ1) is 8.69. The van der Waals surface area contributed by atoms with Gasteiger partial charge >= 0.3 is 0 Å². The highest BCUT2D eigenvalue weighted by Crippen LogP contribution is 2.26. The molecule has 1 saturated carbocycles. The van der Waals surface area contributed by atoms with Crippen LogP contribution in [0, 0.1) is 0 Å². The van der Waals surface area contributed by atoms with Crippen molar-refractivity contribution in [3.63, 3.8) is 0 Å². The Hall–Kier alpha value is -0.540. The molecule has 1 aliphatic carbocycles. The van der Waals surface area contributed by atoms with E-state index >= 15 is 0 Å². The van der Waals surface area contributed by atoms with Crippen molar-refractivity contribution in [2.45, 2.75) is 58.2 Å². The Morgan fingerprint density at radius 3 is 2.89 bits per heavy atom. The number of ether oxygens (including phenoxy) is 1. The van der Waals surface area contributed by atoms with Crippen molar-refractivity contribution in [1.82, 2.24) is 5.32 Å². The lowest BCUT2D eigenvalue weighted by Gasteiger charge is -2.17. The molecule has 2 rings (SSSR count). The number of hydrogen-bond acceptors (Lipinski definition) is 2. The van der Waals surface area contributed by atoms with Gasteiger partial charge in [-0.3, -0.25) is 0 Å². The normalized spacial score (nSPS) is 16.6. The first-order valence-corrected chi connectivity index (χ1v) is 7.66. The summed E-state index contributed by atoms with van der Waals surface area (Å²) < 4.78 is 7.15. The molecule has 3 heteroatoms. The highest BCUT2D eigenvalue weighted by Gasteiger charge is 2.20. The molecular formula is C15H22BrNO. The van der Waals surface area contributed by atoms with Crippen molar-refractivity contribution in [2.24, 2.45) is 0 Å². The van der Waals surface area contributed by atoms with Crippen LogP contribution in [0.4, 0.5) is 0 Å². The average molecular weight is 312 g/mol. The van der Waals surface area contributed by atoms with Gasteiger partial charge in [-0.25, -0.2) is 0 Å². The first-order valence-electron chi connectivity index (χ1n) is 6.87. The van der Waals surface area contributed by atoms with E-state index in [2.05, 4.69) is 53.3 Å². The molecule has 1 aromatic carbocycles. The molecule has 1 aromatic rings. The van der Waals surface area contributed by atoms with E-state index in [1.165, 1.54) is 18.4 Å². The summed E-state index contributed by atoms with van der Waals surface area (Å²) >= 11 is 3.53. The number of benzene rings is 1. The van der Waals surface area contributed by atoms with Crippen molar-refractivity contribution >= 4 is 15.9 Å². The number of rotatable bonds is 7. The fourth-order valence-electron chi connectivity index (χ4n) is 2.03. The predicted molar refractivity (Wildman–Crippen MR) is 79.0 cm³/mol. The standard InChI is InChI=1S/C15H22BrNO/c1-3-4-11(2)18-15-8-5-13(16)9-12(15)10-17-14-6-7-14/h5,8-9,11,14,17H,3-4,6-7,10H2,1-2H3. The van der Waals surface area contributed by atoms with Crippen LogP contribution < -0.4 is 10.1 Å². The summed E-state index contributed by atoms with van der Waals surface area (Å²) in [5, 5.41) is 3.54. The van der Waals surface area contributed by atoms with E-state index in [9.17, 15) is 0 Å². The van der Waals surface area contributed by atoms with Crippen LogP contribution in [0.5, 0.6) is 5.75 Å². The minimum atomic E-state index is 0.288. The van der Waals surface area contributed by atoms with Crippen LogP contribution in [0.3, 0.4) is 0 Å². The molecule has 0 bridgehead atoms. The van der Waals surface area contributed by atoms with Gasteiger partial charge in [0, 0.05) is 22.6 Å². The zero-order chi connectivity index (χ0) is 13.0. The molecule has 0 spiro atoms. The molecule has 2 nitrogen and oxygen atoms in total. The first kappa shape index (κ1) is 13.9. The van der Waals surface area contributed by atoms with E-state index < -0.39 is 0 Å². The topological polar surface area (TPSA) is 21.3 Å². The Bertz CT molecular complexity index is 390. The van der Waals surface area contributed by atoms with Crippen molar-refractivity contribution in [3.8, 4) is 5.75 Å².